The second-order valence-electron chi connectivity index (χ2n) is 6.86. The lowest BCUT2D eigenvalue weighted by Crippen LogP contribution is -2.30. The highest BCUT2D eigenvalue weighted by atomic mass is 19.1. The Hall–Kier alpha value is -3.02. The van der Waals surface area contributed by atoms with Crippen molar-refractivity contribution in [2.75, 3.05) is 6.54 Å². The van der Waals surface area contributed by atoms with Crippen LogP contribution in [0.4, 0.5) is 8.78 Å². The molecule has 1 heterocycles. The number of hydrogen-bond donors (Lipinski definition) is 1. The van der Waals surface area contributed by atoms with Gasteiger partial charge in [-0.05, 0) is 54.8 Å². The van der Waals surface area contributed by atoms with Crippen LogP contribution in [0.5, 0.6) is 0 Å². The third-order valence-electron chi connectivity index (χ3n) is 4.91. The molecular weight excluding hydrogens is 364 g/mol. The molecule has 1 fully saturated rings. The van der Waals surface area contributed by atoms with E-state index in [-0.39, 0.29) is 16.9 Å². The molecule has 0 aromatic heterocycles. The molecule has 6 heteroatoms. The number of aryl methyl sites for hydroxylation is 1. The Kier molecular flexibility index (Phi) is 5.58. The predicted molar refractivity (Wildman–Crippen MR) is 101 cm³/mol. The van der Waals surface area contributed by atoms with E-state index < -0.39 is 29.4 Å². The summed E-state index contributed by atoms with van der Waals surface area (Å²) in [5, 5.41) is 10.8. The van der Waals surface area contributed by atoms with Gasteiger partial charge in [0.25, 0.3) is 11.7 Å². The number of halogens is 2. The highest BCUT2D eigenvalue weighted by molar-refractivity contribution is 6.46. The zero-order chi connectivity index (χ0) is 20.4. The fourth-order valence-electron chi connectivity index (χ4n) is 3.38. The number of aliphatic hydroxyl groups excluding tert-OH is 1. The molecule has 1 atom stereocenters. The van der Waals surface area contributed by atoms with E-state index in [1.807, 2.05) is 6.92 Å². The first-order valence-corrected chi connectivity index (χ1v) is 9.15. The Morgan fingerprint density at radius 2 is 1.79 bits per heavy atom. The zero-order valence-corrected chi connectivity index (χ0v) is 15.7. The lowest BCUT2D eigenvalue weighted by molar-refractivity contribution is -0.139. The number of nitrogens with zero attached hydrogens (tertiary/aromatic N) is 1. The molecule has 0 radical (unpaired) electrons. The van der Waals surface area contributed by atoms with Crippen molar-refractivity contribution in [1.29, 1.82) is 0 Å². The fourth-order valence-corrected chi connectivity index (χ4v) is 3.38. The van der Waals surface area contributed by atoms with Crippen molar-refractivity contribution in [1.82, 2.24) is 4.90 Å². The number of benzene rings is 2. The maximum absolute atomic E-state index is 13.6. The lowest BCUT2D eigenvalue weighted by Gasteiger charge is -2.25. The molecular formula is C22H21F2NO3. The minimum Gasteiger partial charge on any atom is -0.507 e. The maximum atomic E-state index is 13.6. The van der Waals surface area contributed by atoms with Crippen LogP contribution >= 0.6 is 0 Å². The molecule has 0 saturated carbocycles. The van der Waals surface area contributed by atoms with Crippen molar-refractivity contribution in [3.8, 4) is 0 Å². The molecule has 0 aliphatic carbocycles. The van der Waals surface area contributed by atoms with Gasteiger partial charge in [0.15, 0.2) is 0 Å². The molecule has 2 aromatic carbocycles. The second kappa shape index (κ2) is 7.92. The Balaban J connectivity index is 2.17. The minimum atomic E-state index is -0.822. The molecule has 3 rings (SSSR count). The van der Waals surface area contributed by atoms with Crippen LogP contribution in [-0.4, -0.2) is 28.2 Å². The highest BCUT2D eigenvalue weighted by Crippen LogP contribution is 2.39. The van der Waals surface area contributed by atoms with E-state index in [0.29, 0.717) is 24.1 Å². The SMILES string of the molecule is CCCCN1C(=O)C(=O)/C(=C(\O)c2ccc(F)c(C)c2)C1c1ccc(F)cc1. The zero-order valence-electron chi connectivity index (χ0n) is 15.7. The quantitative estimate of drug-likeness (QED) is 0.469. The number of rotatable bonds is 5. The minimum absolute atomic E-state index is 0.0706. The number of ketones is 1. The van der Waals surface area contributed by atoms with Crippen LogP contribution in [0.3, 0.4) is 0 Å². The van der Waals surface area contributed by atoms with Crippen LogP contribution in [0.2, 0.25) is 0 Å². The van der Waals surface area contributed by atoms with E-state index in [1.54, 1.807) is 6.92 Å². The van der Waals surface area contributed by atoms with Crippen molar-refractivity contribution in [3.05, 3.63) is 76.4 Å². The third kappa shape index (κ3) is 3.54. The Labute approximate surface area is 162 Å². The number of unbranched alkanes of at least 4 members (excludes halogenated alkanes) is 1. The molecule has 28 heavy (non-hydrogen) atoms. The molecule has 1 aliphatic rings. The first kappa shape index (κ1) is 19.7. The summed E-state index contributed by atoms with van der Waals surface area (Å²) in [6.45, 7) is 3.84. The maximum Gasteiger partial charge on any atom is 0.295 e. The average Bonchev–Trinajstić information content (AvgIpc) is 2.93. The second-order valence-corrected chi connectivity index (χ2v) is 6.86. The molecule has 0 spiro atoms. The van der Waals surface area contributed by atoms with Crippen LogP contribution in [0.1, 0.15) is 42.5 Å². The van der Waals surface area contributed by atoms with Crippen LogP contribution < -0.4 is 0 Å². The Bertz CT molecular complexity index is 951. The van der Waals surface area contributed by atoms with E-state index in [2.05, 4.69) is 0 Å². The van der Waals surface area contributed by atoms with Gasteiger partial charge in [0.1, 0.15) is 17.4 Å². The molecule has 1 unspecified atom stereocenters. The topological polar surface area (TPSA) is 57.6 Å². The first-order chi connectivity index (χ1) is 13.3. The summed E-state index contributed by atoms with van der Waals surface area (Å²) < 4.78 is 27.0. The molecule has 0 bridgehead atoms. The van der Waals surface area contributed by atoms with Crippen LogP contribution in [0.25, 0.3) is 5.76 Å². The van der Waals surface area contributed by atoms with Crippen LogP contribution in [0, 0.1) is 18.6 Å². The van der Waals surface area contributed by atoms with Gasteiger partial charge in [-0.25, -0.2) is 8.78 Å². The number of Topliss-reactive ketones (excluding diaryl/α,β-unsaturated/α-hetero) is 1. The first-order valence-electron chi connectivity index (χ1n) is 9.15. The predicted octanol–water partition coefficient (Wildman–Crippen LogP) is 4.50. The normalized spacial score (nSPS) is 18.7. The summed E-state index contributed by atoms with van der Waals surface area (Å²) in [5.41, 5.74) is 1.01. The van der Waals surface area contributed by atoms with Gasteiger partial charge < -0.3 is 10.0 Å². The molecule has 146 valence electrons. The van der Waals surface area contributed by atoms with Crippen LogP contribution in [0.15, 0.2) is 48.0 Å². The van der Waals surface area contributed by atoms with Gasteiger partial charge in [0.2, 0.25) is 0 Å². The molecule has 1 aliphatic heterocycles. The molecule has 4 nitrogen and oxygen atoms in total. The number of aliphatic hydroxyl groups is 1. The van der Waals surface area contributed by atoms with Gasteiger partial charge in [0.05, 0.1) is 11.6 Å². The molecule has 1 amide bonds. The molecule has 1 saturated heterocycles. The van der Waals surface area contributed by atoms with Gasteiger partial charge in [-0.2, -0.15) is 0 Å². The number of hydrogen-bond acceptors (Lipinski definition) is 3. The van der Waals surface area contributed by atoms with Crippen molar-refractivity contribution in [3.63, 3.8) is 0 Å². The number of carbonyl (C=O) groups is 2. The standard InChI is InChI=1S/C22H21F2NO3/c1-3-4-11-25-19(14-5-8-16(23)9-6-14)18(21(27)22(25)28)20(26)15-7-10-17(24)13(2)12-15/h5-10,12,19,26H,3-4,11H2,1-2H3/b20-18-. The summed E-state index contributed by atoms with van der Waals surface area (Å²) in [6, 6.07) is 8.64. The number of carbonyl (C=O) groups excluding carboxylic acids is 2. The van der Waals surface area contributed by atoms with Gasteiger partial charge in [-0.3, -0.25) is 9.59 Å². The monoisotopic (exact) mass is 385 g/mol. The van der Waals surface area contributed by atoms with E-state index in [9.17, 15) is 23.5 Å². The average molecular weight is 385 g/mol. The largest absolute Gasteiger partial charge is 0.507 e. The van der Waals surface area contributed by atoms with E-state index in [0.717, 1.165) is 6.42 Å². The summed E-state index contributed by atoms with van der Waals surface area (Å²) in [7, 11) is 0. The summed E-state index contributed by atoms with van der Waals surface area (Å²) >= 11 is 0. The summed E-state index contributed by atoms with van der Waals surface area (Å²) in [4.78, 5) is 26.8. The van der Waals surface area contributed by atoms with E-state index in [4.69, 9.17) is 0 Å². The highest BCUT2D eigenvalue weighted by Gasteiger charge is 2.45. The fraction of sp³-hybridized carbons (Fsp3) is 0.273. The number of likely N-dealkylation sites (tertiary alicyclic amines) is 1. The van der Waals surface area contributed by atoms with E-state index in [1.165, 1.54) is 47.4 Å². The van der Waals surface area contributed by atoms with Crippen molar-refractivity contribution >= 4 is 17.4 Å². The van der Waals surface area contributed by atoms with Crippen LogP contribution in [-0.2, 0) is 9.59 Å². The Morgan fingerprint density at radius 3 is 2.39 bits per heavy atom. The van der Waals surface area contributed by atoms with E-state index >= 15 is 0 Å². The van der Waals surface area contributed by atoms with Crippen molar-refractivity contribution < 1.29 is 23.5 Å². The Morgan fingerprint density at radius 1 is 1.11 bits per heavy atom. The van der Waals surface area contributed by atoms with Gasteiger partial charge in [0, 0.05) is 12.1 Å². The van der Waals surface area contributed by atoms with Crippen molar-refractivity contribution in [2.45, 2.75) is 32.7 Å². The number of amides is 1. The van der Waals surface area contributed by atoms with Gasteiger partial charge >= 0.3 is 0 Å². The van der Waals surface area contributed by atoms with Crippen molar-refractivity contribution in [2.24, 2.45) is 0 Å². The van der Waals surface area contributed by atoms with Gasteiger partial charge in [-0.1, -0.05) is 25.5 Å². The summed E-state index contributed by atoms with van der Waals surface area (Å²) in [6.07, 6.45) is 1.50. The smallest absolute Gasteiger partial charge is 0.295 e. The molecule has 2 aromatic rings. The third-order valence-corrected chi connectivity index (χ3v) is 4.91. The lowest BCUT2D eigenvalue weighted by atomic mass is 9.94. The summed E-state index contributed by atoms with van der Waals surface area (Å²) in [5.74, 6) is -2.75. The van der Waals surface area contributed by atoms with Gasteiger partial charge in [-0.15, -0.1) is 0 Å². The molecule has 1 N–H and O–H groups in total.